The van der Waals surface area contributed by atoms with Crippen LogP contribution in [0.3, 0.4) is 0 Å². The zero-order chi connectivity index (χ0) is 18.7. The first kappa shape index (κ1) is 19.4. The Balaban J connectivity index is 1.57. The Bertz CT molecular complexity index is 929. The van der Waals surface area contributed by atoms with E-state index in [2.05, 4.69) is 4.90 Å². The van der Waals surface area contributed by atoms with Crippen molar-refractivity contribution in [2.24, 2.45) is 0 Å². The average Bonchev–Trinajstić information content (AvgIpc) is 2.94. The summed E-state index contributed by atoms with van der Waals surface area (Å²) in [5, 5.41) is 1.69. The molecule has 2 heterocycles. The SMILES string of the molecule is CS(=O)(=O)CCN1CCN(C(=O)/C=C/c2sc3ccccc3c2Cl)CC1. The van der Waals surface area contributed by atoms with E-state index in [1.165, 1.54) is 6.26 Å². The Kier molecular flexibility index (Phi) is 6.02. The molecule has 1 aliphatic rings. The lowest BCUT2D eigenvalue weighted by molar-refractivity contribution is -0.127. The molecule has 0 unspecified atom stereocenters. The zero-order valence-electron chi connectivity index (χ0n) is 14.5. The zero-order valence-corrected chi connectivity index (χ0v) is 16.9. The van der Waals surface area contributed by atoms with Gasteiger partial charge < -0.3 is 4.90 Å². The van der Waals surface area contributed by atoms with Gasteiger partial charge in [-0.1, -0.05) is 29.8 Å². The molecular weight excluding hydrogens is 392 g/mol. The summed E-state index contributed by atoms with van der Waals surface area (Å²) in [4.78, 5) is 17.2. The third kappa shape index (κ3) is 4.85. The quantitative estimate of drug-likeness (QED) is 0.708. The van der Waals surface area contributed by atoms with Crippen LogP contribution in [0.4, 0.5) is 0 Å². The standard InChI is InChI=1S/C18H21ClN2O3S2/c1-26(23,24)13-12-20-8-10-21(11-9-20)17(22)7-6-16-18(19)14-4-2-3-5-15(14)25-16/h2-7H,8-13H2,1H3/b7-6+. The van der Waals surface area contributed by atoms with Crippen molar-refractivity contribution in [3.63, 3.8) is 0 Å². The predicted molar refractivity (Wildman–Crippen MR) is 109 cm³/mol. The largest absolute Gasteiger partial charge is 0.337 e. The summed E-state index contributed by atoms with van der Waals surface area (Å²) in [6.45, 7) is 3.12. The molecule has 8 heteroatoms. The van der Waals surface area contributed by atoms with Gasteiger partial charge in [0.05, 0.1) is 10.8 Å². The summed E-state index contributed by atoms with van der Waals surface area (Å²) in [6, 6.07) is 7.91. The summed E-state index contributed by atoms with van der Waals surface area (Å²) in [5.41, 5.74) is 0. The summed E-state index contributed by atoms with van der Waals surface area (Å²) in [7, 11) is -2.95. The molecule has 0 saturated carbocycles. The Morgan fingerprint density at radius 1 is 1.23 bits per heavy atom. The smallest absolute Gasteiger partial charge is 0.246 e. The van der Waals surface area contributed by atoms with E-state index in [-0.39, 0.29) is 11.7 Å². The molecule has 1 fully saturated rings. The second kappa shape index (κ2) is 8.08. The number of thiophene rings is 1. The van der Waals surface area contributed by atoms with Gasteiger partial charge in [-0.25, -0.2) is 8.42 Å². The number of hydrogen-bond donors (Lipinski definition) is 0. The van der Waals surface area contributed by atoms with Crippen LogP contribution in [0.15, 0.2) is 30.3 Å². The minimum Gasteiger partial charge on any atom is -0.337 e. The van der Waals surface area contributed by atoms with E-state index >= 15 is 0 Å². The average molecular weight is 413 g/mol. The molecule has 3 rings (SSSR count). The maximum atomic E-state index is 12.4. The van der Waals surface area contributed by atoms with Gasteiger partial charge in [0.2, 0.25) is 5.91 Å². The van der Waals surface area contributed by atoms with Crippen molar-refractivity contribution in [3.05, 3.63) is 40.2 Å². The highest BCUT2D eigenvalue weighted by Crippen LogP contribution is 2.35. The van der Waals surface area contributed by atoms with Gasteiger partial charge in [-0.2, -0.15) is 0 Å². The van der Waals surface area contributed by atoms with Gasteiger partial charge in [0.1, 0.15) is 9.84 Å². The molecule has 1 amide bonds. The van der Waals surface area contributed by atoms with Gasteiger partial charge in [-0.15, -0.1) is 11.3 Å². The van der Waals surface area contributed by atoms with Crippen LogP contribution in [-0.2, 0) is 14.6 Å². The Morgan fingerprint density at radius 2 is 1.92 bits per heavy atom. The molecule has 0 bridgehead atoms. The fraction of sp³-hybridized carbons (Fsp3) is 0.389. The highest BCUT2D eigenvalue weighted by atomic mass is 35.5. The Morgan fingerprint density at radius 3 is 2.58 bits per heavy atom. The summed E-state index contributed by atoms with van der Waals surface area (Å²) >= 11 is 7.96. The van der Waals surface area contributed by atoms with Gasteiger partial charge in [0, 0.05) is 60.0 Å². The molecule has 26 heavy (non-hydrogen) atoms. The van der Waals surface area contributed by atoms with Crippen molar-refractivity contribution in [3.8, 4) is 0 Å². The van der Waals surface area contributed by atoms with Crippen molar-refractivity contribution in [1.82, 2.24) is 9.80 Å². The first-order valence-corrected chi connectivity index (χ1v) is 11.6. The normalized spacial score (nSPS) is 16.6. The molecule has 0 atom stereocenters. The first-order valence-electron chi connectivity index (χ1n) is 8.37. The highest BCUT2D eigenvalue weighted by Gasteiger charge is 2.20. The minimum atomic E-state index is -2.95. The highest BCUT2D eigenvalue weighted by molar-refractivity contribution is 7.90. The lowest BCUT2D eigenvalue weighted by Gasteiger charge is -2.34. The maximum absolute atomic E-state index is 12.4. The first-order chi connectivity index (χ1) is 12.3. The van der Waals surface area contributed by atoms with Crippen LogP contribution in [0.2, 0.25) is 5.02 Å². The molecule has 0 aliphatic carbocycles. The van der Waals surface area contributed by atoms with Crippen molar-refractivity contribution in [1.29, 1.82) is 0 Å². The van der Waals surface area contributed by atoms with E-state index in [1.807, 2.05) is 24.3 Å². The van der Waals surface area contributed by atoms with E-state index in [9.17, 15) is 13.2 Å². The maximum Gasteiger partial charge on any atom is 0.246 e. The number of benzene rings is 1. The third-order valence-corrected chi connectivity index (χ3v) is 6.98. The second-order valence-corrected chi connectivity index (χ2v) is 10.1. The molecule has 0 spiro atoms. The molecule has 1 aromatic carbocycles. The fourth-order valence-corrected chi connectivity index (χ4v) is 4.87. The second-order valence-electron chi connectivity index (χ2n) is 6.41. The molecule has 0 N–H and O–H groups in total. The van der Waals surface area contributed by atoms with E-state index in [1.54, 1.807) is 28.4 Å². The van der Waals surface area contributed by atoms with E-state index < -0.39 is 9.84 Å². The van der Waals surface area contributed by atoms with Gasteiger partial charge >= 0.3 is 0 Å². The molecule has 1 aromatic heterocycles. The Labute approximate surface area is 162 Å². The lowest BCUT2D eigenvalue weighted by Crippen LogP contribution is -2.49. The van der Waals surface area contributed by atoms with Crippen LogP contribution in [-0.4, -0.2) is 68.9 Å². The number of hydrogen-bond acceptors (Lipinski definition) is 5. The van der Waals surface area contributed by atoms with Crippen LogP contribution in [0.5, 0.6) is 0 Å². The number of rotatable bonds is 5. The van der Waals surface area contributed by atoms with Gasteiger partial charge in [0.15, 0.2) is 0 Å². The van der Waals surface area contributed by atoms with E-state index in [0.29, 0.717) is 37.7 Å². The van der Waals surface area contributed by atoms with Crippen LogP contribution in [0, 0.1) is 0 Å². The fourth-order valence-electron chi connectivity index (χ4n) is 2.88. The number of carbonyl (C=O) groups is 1. The monoisotopic (exact) mass is 412 g/mol. The van der Waals surface area contributed by atoms with Gasteiger partial charge in [-0.05, 0) is 12.1 Å². The van der Waals surface area contributed by atoms with Crippen molar-refractivity contribution in [2.75, 3.05) is 44.7 Å². The topological polar surface area (TPSA) is 57.7 Å². The molecule has 5 nitrogen and oxygen atoms in total. The van der Waals surface area contributed by atoms with E-state index in [0.717, 1.165) is 15.0 Å². The number of fused-ring (bicyclic) bond motifs is 1. The molecular formula is C18H21ClN2O3S2. The van der Waals surface area contributed by atoms with Gasteiger partial charge in [-0.3, -0.25) is 9.69 Å². The summed E-state index contributed by atoms with van der Waals surface area (Å²) < 4.78 is 23.6. The molecule has 1 aliphatic heterocycles. The predicted octanol–water partition coefficient (Wildman–Crippen LogP) is 2.76. The number of sulfone groups is 1. The summed E-state index contributed by atoms with van der Waals surface area (Å²) in [6.07, 6.45) is 4.60. The van der Waals surface area contributed by atoms with Crippen LogP contribution in [0.25, 0.3) is 16.2 Å². The van der Waals surface area contributed by atoms with Crippen molar-refractivity contribution >= 4 is 54.8 Å². The van der Waals surface area contributed by atoms with Crippen LogP contribution < -0.4 is 0 Å². The third-order valence-electron chi connectivity index (χ3n) is 4.40. The number of carbonyl (C=O) groups excluding carboxylic acids is 1. The van der Waals surface area contributed by atoms with Gasteiger partial charge in [0.25, 0.3) is 0 Å². The molecule has 2 aromatic rings. The van der Waals surface area contributed by atoms with Crippen molar-refractivity contribution in [2.45, 2.75) is 0 Å². The van der Waals surface area contributed by atoms with E-state index in [4.69, 9.17) is 11.6 Å². The Hall–Kier alpha value is -1.41. The summed E-state index contributed by atoms with van der Waals surface area (Å²) in [5.74, 6) is 0.118. The number of piperazine rings is 1. The molecule has 1 saturated heterocycles. The number of amides is 1. The van der Waals surface area contributed by atoms with Crippen LogP contribution in [0.1, 0.15) is 4.88 Å². The molecule has 140 valence electrons. The lowest BCUT2D eigenvalue weighted by atomic mass is 10.2. The van der Waals surface area contributed by atoms with Crippen molar-refractivity contribution < 1.29 is 13.2 Å². The minimum absolute atomic E-state index is 0.0405. The number of nitrogens with zero attached hydrogens (tertiary/aromatic N) is 2. The molecule has 0 radical (unpaired) electrons. The van der Waals surface area contributed by atoms with Crippen LogP contribution >= 0.6 is 22.9 Å². The number of halogens is 1.